The first-order chi connectivity index (χ1) is 8.61. The molecule has 0 bridgehead atoms. The van der Waals surface area contributed by atoms with E-state index in [2.05, 4.69) is 56.6 Å². The van der Waals surface area contributed by atoms with E-state index in [4.69, 9.17) is 4.74 Å². The first-order valence-corrected chi connectivity index (χ1v) is 7.25. The molecule has 0 amide bonds. The Hall–Kier alpha value is -0.470. The summed E-state index contributed by atoms with van der Waals surface area (Å²) in [5, 5.41) is 3.08. The summed E-state index contributed by atoms with van der Waals surface area (Å²) >= 11 is 2.22. The minimum absolute atomic E-state index is 0.0229. The summed E-state index contributed by atoms with van der Waals surface area (Å²) in [7, 11) is 1.87. The Morgan fingerprint density at radius 1 is 1.56 bits per heavy atom. The summed E-state index contributed by atoms with van der Waals surface area (Å²) in [4.78, 5) is 11.3. The summed E-state index contributed by atoms with van der Waals surface area (Å²) in [6.07, 6.45) is 1.82. The number of morpholine rings is 1. The Kier molecular flexibility index (Phi) is 4.74. The van der Waals surface area contributed by atoms with Crippen molar-refractivity contribution in [3.05, 3.63) is 15.6 Å². The van der Waals surface area contributed by atoms with Gasteiger partial charge in [0.2, 0.25) is 0 Å². The van der Waals surface area contributed by atoms with Gasteiger partial charge < -0.3 is 10.1 Å². The van der Waals surface area contributed by atoms with Crippen LogP contribution in [0, 0.1) is 3.57 Å². The summed E-state index contributed by atoms with van der Waals surface area (Å²) in [6.45, 7) is 7.00. The van der Waals surface area contributed by atoms with Crippen molar-refractivity contribution in [2.75, 3.05) is 32.1 Å². The van der Waals surface area contributed by atoms with Crippen LogP contribution in [0.1, 0.15) is 25.8 Å². The van der Waals surface area contributed by atoms with Gasteiger partial charge in [0.15, 0.2) is 5.82 Å². The lowest BCUT2D eigenvalue weighted by molar-refractivity contribution is -0.0442. The van der Waals surface area contributed by atoms with E-state index in [1.165, 1.54) is 0 Å². The van der Waals surface area contributed by atoms with Crippen LogP contribution in [0.4, 0.5) is 5.82 Å². The van der Waals surface area contributed by atoms with Gasteiger partial charge in [-0.25, -0.2) is 9.97 Å². The standard InChI is InChI=1S/C12H19IN4O/c1-8(2)17-4-5-18-10(7-17)12-15-6-9(13)11(14-3)16-12/h6,8,10H,4-5,7H2,1-3H3,(H,14,15,16). The topological polar surface area (TPSA) is 50.3 Å². The molecule has 100 valence electrons. The molecule has 1 aliphatic rings. The Labute approximate surface area is 121 Å². The van der Waals surface area contributed by atoms with Gasteiger partial charge >= 0.3 is 0 Å². The lowest BCUT2D eigenvalue weighted by Crippen LogP contribution is -2.42. The molecule has 6 heteroatoms. The average Bonchev–Trinajstić information content (AvgIpc) is 2.39. The second kappa shape index (κ2) is 6.12. The molecule has 0 radical (unpaired) electrons. The molecular weight excluding hydrogens is 343 g/mol. The molecule has 1 atom stereocenters. The third-order valence-electron chi connectivity index (χ3n) is 3.12. The number of halogens is 1. The van der Waals surface area contributed by atoms with Crippen LogP contribution in [0.3, 0.4) is 0 Å². The van der Waals surface area contributed by atoms with Gasteiger partial charge in [-0.1, -0.05) is 0 Å². The predicted octanol–water partition coefficient (Wildman–Crippen LogP) is 1.90. The van der Waals surface area contributed by atoms with Crippen molar-refractivity contribution < 1.29 is 4.74 Å². The molecule has 0 aliphatic carbocycles. The molecular formula is C12H19IN4O. The lowest BCUT2D eigenvalue weighted by atomic mass is 10.2. The first-order valence-electron chi connectivity index (χ1n) is 6.17. The summed E-state index contributed by atoms with van der Waals surface area (Å²) in [5.41, 5.74) is 0. The molecule has 2 rings (SSSR count). The SMILES string of the molecule is CNc1nc(C2CN(C(C)C)CCO2)ncc1I. The number of hydrogen-bond acceptors (Lipinski definition) is 5. The van der Waals surface area contributed by atoms with Gasteiger partial charge in [0.25, 0.3) is 0 Å². The largest absolute Gasteiger partial charge is 0.372 e. The second-order valence-corrected chi connectivity index (χ2v) is 5.79. The minimum Gasteiger partial charge on any atom is -0.372 e. The van der Waals surface area contributed by atoms with E-state index in [1.54, 1.807) is 0 Å². The molecule has 1 N–H and O–H groups in total. The smallest absolute Gasteiger partial charge is 0.160 e. The highest BCUT2D eigenvalue weighted by molar-refractivity contribution is 14.1. The van der Waals surface area contributed by atoms with Gasteiger partial charge in [-0.3, -0.25) is 4.90 Å². The highest BCUT2D eigenvalue weighted by Gasteiger charge is 2.25. The molecule has 1 unspecified atom stereocenters. The third kappa shape index (κ3) is 3.10. The van der Waals surface area contributed by atoms with Crippen molar-refractivity contribution in [3.8, 4) is 0 Å². The summed E-state index contributed by atoms with van der Waals surface area (Å²) in [6, 6.07) is 0.531. The summed E-state index contributed by atoms with van der Waals surface area (Å²) < 4.78 is 6.81. The first kappa shape index (κ1) is 14.0. The van der Waals surface area contributed by atoms with E-state index >= 15 is 0 Å². The average molecular weight is 362 g/mol. The second-order valence-electron chi connectivity index (χ2n) is 4.62. The monoisotopic (exact) mass is 362 g/mol. The van der Waals surface area contributed by atoms with E-state index in [9.17, 15) is 0 Å². The van der Waals surface area contributed by atoms with Crippen molar-refractivity contribution in [2.24, 2.45) is 0 Å². The zero-order valence-corrected chi connectivity index (χ0v) is 13.1. The van der Waals surface area contributed by atoms with Crippen LogP contribution in [0.5, 0.6) is 0 Å². The van der Waals surface area contributed by atoms with Gasteiger partial charge in [-0.2, -0.15) is 0 Å². The fourth-order valence-corrected chi connectivity index (χ4v) is 2.54. The predicted molar refractivity (Wildman–Crippen MR) is 79.7 cm³/mol. The molecule has 18 heavy (non-hydrogen) atoms. The van der Waals surface area contributed by atoms with Crippen LogP contribution in [0.25, 0.3) is 0 Å². The van der Waals surface area contributed by atoms with Crippen LogP contribution >= 0.6 is 22.6 Å². The number of anilines is 1. The van der Waals surface area contributed by atoms with Crippen LogP contribution in [0.15, 0.2) is 6.20 Å². The lowest BCUT2D eigenvalue weighted by Gasteiger charge is -2.34. The van der Waals surface area contributed by atoms with Crippen LogP contribution < -0.4 is 5.32 Å². The molecule has 1 aromatic heterocycles. The maximum atomic E-state index is 5.79. The van der Waals surface area contributed by atoms with Crippen molar-refractivity contribution in [2.45, 2.75) is 26.0 Å². The number of aromatic nitrogens is 2. The number of rotatable bonds is 3. The molecule has 0 spiro atoms. The molecule has 1 fully saturated rings. The summed E-state index contributed by atoms with van der Waals surface area (Å²) in [5.74, 6) is 1.64. The normalized spacial score (nSPS) is 21.3. The molecule has 1 saturated heterocycles. The number of nitrogens with zero attached hydrogens (tertiary/aromatic N) is 3. The van der Waals surface area contributed by atoms with Gasteiger partial charge in [0.1, 0.15) is 11.9 Å². The van der Waals surface area contributed by atoms with Crippen LogP contribution in [0.2, 0.25) is 0 Å². The van der Waals surface area contributed by atoms with E-state index in [1.807, 2.05) is 13.2 Å². The number of ether oxygens (including phenoxy) is 1. The van der Waals surface area contributed by atoms with Gasteiger partial charge in [0, 0.05) is 32.4 Å². The fraction of sp³-hybridized carbons (Fsp3) is 0.667. The van der Waals surface area contributed by atoms with E-state index in [-0.39, 0.29) is 6.10 Å². The Morgan fingerprint density at radius 2 is 2.33 bits per heavy atom. The highest BCUT2D eigenvalue weighted by Crippen LogP contribution is 2.23. The van der Waals surface area contributed by atoms with E-state index < -0.39 is 0 Å². The van der Waals surface area contributed by atoms with E-state index in [0.29, 0.717) is 6.04 Å². The third-order valence-corrected chi connectivity index (χ3v) is 3.91. The molecule has 0 aromatic carbocycles. The van der Waals surface area contributed by atoms with Crippen molar-refractivity contribution in [3.63, 3.8) is 0 Å². The zero-order chi connectivity index (χ0) is 13.1. The highest BCUT2D eigenvalue weighted by atomic mass is 127. The maximum Gasteiger partial charge on any atom is 0.160 e. The quantitative estimate of drug-likeness (QED) is 0.833. The Bertz CT molecular complexity index is 413. The molecule has 5 nitrogen and oxygen atoms in total. The van der Waals surface area contributed by atoms with Gasteiger partial charge in [0.05, 0.1) is 10.2 Å². The number of hydrogen-bond donors (Lipinski definition) is 1. The minimum atomic E-state index is -0.0229. The molecule has 1 aliphatic heterocycles. The Morgan fingerprint density at radius 3 is 3.00 bits per heavy atom. The van der Waals surface area contributed by atoms with E-state index in [0.717, 1.165) is 34.9 Å². The van der Waals surface area contributed by atoms with Gasteiger partial charge in [-0.05, 0) is 36.4 Å². The van der Waals surface area contributed by atoms with Crippen molar-refractivity contribution in [1.82, 2.24) is 14.9 Å². The van der Waals surface area contributed by atoms with Crippen LogP contribution in [-0.2, 0) is 4.74 Å². The molecule has 2 heterocycles. The number of nitrogens with one attached hydrogen (secondary N) is 1. The van der Waals surface area contributed by atoms with Crippen LogP contribution in [-0.4, -0.2) is 47.7 Å². The molecule has 0 saturated carbocycles. The fourth-order valence-electron chi connectivity index (χ4n) is 2.01. The maximum absolute atomic E-state index is 5.79. The zero-order valence-electron chi connectivity index (χ0n) is 11.0. The van der Waals surface area contributed by atoms with Gasteiger partial charge in [-0.15, -0.1) is 0 Å². The van der Waals surface area contributed by atoms with Crippen molar-refractivity contribution >= 4 is 28.4 Å². The Balaban J connectivity index is 2.15. The van der Waals surface area contributed by atoms with Crippen molar-refractivity contribution in [1.29, 1.82) is 0 Å². The molecule has 1 aromatic rings.